The van der Waals surface area contributed by atoms with Gasteiger partial charge in [0.2, 0.25) is 0 Å². The van der Waals surface area contributed by atoms with Gasteiger partial charge in [0.1, 0.15) is 11.5 Å². The summed E-state index contributed by atoms with van der Waals surface area (Å²) in [7, 11) is 0. The molecule has 0 radical (unpaired) electrons. The third-order valence-electron chi connectivity index (χ3n) is 2.38. The Kier molecular flexibility index (Phi) is 2.38. The summed E-state index contributed by atoms with van der Waals surface area (Å²) in [5, 5.41) is 3.86. The first-order chi connectivity index (χ1) is 7.50. The number of halogens is 2. The van der Waals surface area contributed by atoms with Gasteiger partial charge in [-0.3, -0.25) is 0 Å². The molecule has 16 heavy (non-hydrogen) atoms. The van der Waals surface area contributed by atoms with E-state index in [1.807, 2.05) is 0 Å². The molecule has 2 aromatic rings. The number of rotatable bonds is 1. The van der Waals surface area contributed by atoms with E-state index in [4.69, 9.17) is 5.73 Å². The molecule has 1 heterocycles. The predicted octanol–water partition coefficient (Wildman–Crippen LogP) is 2.35. The van der Waals surface area contributed by atoms with Crippen molar-refractivity contribution < 1.29 is 8.78 Å². The second-order valence-corrected chi connectivity index (χ2v) is 3.65. The average molecular weight is 223 g/mol. The maximum atomic E-state index is 13.8. The molecule has 84 valence electrons. The normalized spacial score (nSPS) is 10.8. The molecule has 0 saturated carbocycles. The van der Waals surface area contributed by atoms with E-state index in [-0.39, 0.29) is 11.5 Å². The van der Waals surface area contributed by atoms with Gasteiger partial charge in [-0.1, -0.05) is 6.07 Å². The lowest BCUT2D eigenvalue weighted by atomic mass is 10.2. The molecule has 0 aliphatic rings. The van der Waals surface area contributed by atoms with Crippen LogP contribution in [0.3, 0.4) is 0 Å². The smallest absolute Gasteiger partial charge is 0.154 e. The van der Waals surface area contributed by atoms with Crippen LogP contribution in [0.1, 0.15) is 11.3 Å². The summed E-state index contributed by atoms with van der Waals surface area (Å²) < 4.78 is 28.5. The highest BCUT2D eigenvalue weighted by Gasteiger charge is 2.16. The van der Waals surface area contributed by atoms with Gasteiger partial charge in [0.25, 0.3) is 0 Å². The van der Waals surface area contributed by atoms with Crippen LogP contribution >= 0.6 is 0 Å². The lowest BCUT2D eigenvalue weighted by Gasteiger charge is -2.08. The van der Waals surface area contributed by atoms with Crippen molar-refractivity contribution in [2.75, 3.05) is 5.73 Å². The van der Waals surface area contributed by atoms with Crippen LogP contribution in [-0.2, 0) is 0 Å². The predicted molar refractivity (Wildman–Crippen MR) is 57.4 cm³/mol. The lowest BCUT2D eigenvalue weighted by molar-refractivity contribution is 0.552. The maximum Gasteiger partial charge on any atom is 0.154 e. The molecule has 1 aromatic carbocycles. The van der Waals surface area contributed by atoms with Crippen LogP contribution in [0.5, 0.6) is 0 Å². The van der Waals surface area contributed by atoms with E-state index in [9.17, 15) is 8.78 Å². The van der Waals surface area contributed by atoms with Crippen LogP contribution in [0.15, 0.2) is 18.2 Å². The monoisotopic (exact) mass is 223 g/mol. The van der Waals surface area contributed by atoms with Gasteiger partial charge in [-0.05, 0) is 25.5 Å². The van der Waals surface area contributed by atoms with Gasteiger partial charge in [-0.25, -0.2) is 13.5 Å². The molecule has 0 amide bonds. The Morgan fingerprint density at radius 1 is 1.25 bits per heavy atom. The summed E-state index contributed by atoms with van der Waals surface area (Å²) in [6.07, 6.45) is 0. The second-order valence-electron chi connectivity index (χ2n) is 3.65. The molecule has 5 heteroatoms. The third kappa shape index (κ3) is 1.54. The molecule has 1 aromatic heterocycles. The van der Waals surface area contributed by atoms with Crippen molar-refractivity contribution >= 4 is 5.82 Å². The number of hydrogen-bond acceptors (Lipinski definition) is 2. The standard InChI is InChI=1S/C11H11F2N3/c1-6-3-4-8(12)11(10(6)13)16-7(2)5-9(14)15-16/h3-5H,1-2H3,(H2,14,15). The maximum absolute atomic E-state index is 13.8. The number of anilines is 1. The van der Waals surface area contributed by atoms with Crippen molar-refractivity contribution in [1.29, 1.82) is 0 Å². The summed E-state index contributed by atoms with van der Waals surface area (Å²) in [5.74, 6) is -1.04. The highest BCUT2D eigenvalue weighted by Crippen LogP contribution is 2.22. The van der Waals surface area contributed by atoms with Gasteiger partial charge < -0.3 is 5.73 Å². The Morgan fingerprint density at radius 3 is 2.50 bits per heavy atom. The number of nitrogens with zero attached hydrogens (tertiary/aromatic N) is 2. The van der Waals surface area contributed by atoms with Crippen molar-refractivity contribution in [2.45, 2.75) is 13.8 Å². The van der Waals surface area contributed by atoms with Crippen LogP contribution in [0.25, 0.3) is 5.69 Å². The summed E-state index contributed by atoms with van der Waals surface area (Å²) in [6.45, 7) is 3.25. The Balaban J connectivity index is 2.73. The van der Waals surface area contributed by atoms with Crippen molar-refractivity contribution in [3.8, 4) is 5.69 Å². The summed E-state index contributed by atoms with van der Waals surface area (Å²) in [6, 6.07) is 4.16. The highest BCUT2D eigenvalue weighted by atomic mass is 19.1. The fourth-order valence-electron chi connectivity index (χ4n) is 1.56. The first-order valence-corrected chi connectivity index (χ1v) is 4.78. The van der Waals surface area contributed by atoms with E-state index in [0.29, 0.717) is 11.3 Å². The van der Waals surface area contributed by atoms with Crippen molar-refractivity contribution in [2.24, 2.45) is 0 Å². The molecule has 0 spiro atoms. The molecule has 0 saturated heterocycles. The number of benzene rings is 1. The minimum Gasteiger partial charge on any atom is -0.382 e. The molecule has 0 aliphatic heterocycles. The van der Waals surface area contributed by atoms with Crippen LogP contribution < -0.4 is 5.73 Å². The molecular formula is C11H11F2N3. The van der Waals surface area contributed by atoms with Gasteiger partial charge in [0.05, 0.1) is 0 Å². The van der Waals surface area contributed by atoms with E-state index in [1.54, 1.807) is 19.9 Å². The topological polar surface area (TPSA) is 43.8 Å². The first-order valence-electron chi connectivity index (χ1n) is 4.78. The molecule has 0 bridgehead atoms. The number of hydrogen-bond donors (Lipinski definition) is 1. The van der Waals surface area contributed by atoms with Crippen molar-refractivity contribution in [1.82, 2.24) is 9.78 Å². The molecule has 2 N–H and O–H groups in total. The molecule has 2 rings (SSSR count). The molecule has 3 nitrogen and oxygen atoms in total. The number of aromatic nitrogens is 2. The van der Waals surface area contributed by atoms with Crippen molar-refractivity contribution in [3.05, 3.63) is 41.1 Å². The van der Waals surface area contributed by atoms with Gasteiger partial charge in [0.15, 0.2) is 11.6 Å². The Bertz CT molecular complexity index is 546. The second kappa shape index (κ2) is 3.59. The van der Waals surface area contributed by atoms with Gasteiger partial charge in [-0.15, -0.1) is 0 Å². The van der Waals surface area contributed by atoms with E-state index >= 15 is 0 Å². The fourth-order valence-corrected chi connectivity index (χ4v) is 1.56. The zero-order valence-electron chi connectivity index (χ0n) is 8.96. The number of nitrogens with two attached hydrogens (primary N) is 1. The van der Waals surface area contributed by atoms with Crippen LogP contribution in [0.2, 0.25) is 0 Å². The molecular weight excluding hydrogens is 212 g/mol. The third-order valence-corrected chi connectivity index (χ3v) is 2.38. The van der Waals surface area contributed by atoms with E-state index in [1.165, 1.54) is 16.8 Å². The Labute approximate surface area is 91.5 Å². The Hall–Kier alpha value is -1.91. The Morgan fingerprint density at radius 2 is 1.94 bits per heavy atom. The quantitative estimate of drug-likeness (QED) is 0.806. The van der Waals surface area contributed by atoms with Crippen molar-refractivity contribution in [3.63, 3.8) is 0 Å². The van der Waals surface area contributed by atoms with E-state index in [2.05, 4.69) is 5.10 Å². The molecule has 0 atom stereocenters. The lowest BCUT2D eigenvalue weighted by Crippen LogP contribution is -2.06. The SMILES string of the molecule is Cc1ccc(F)c(-n2nc(N)cc2C)c1F. The summed E-state index contributed by atoms with van der Waals surface area (Å²) in [5.41, 5.74) is 6.24. The first kappa shape index (κ1) is 10.6. The van der Waals surface area contributed by atoms with Gasteiger partial charge in [-0.2, -0.15) is 5.10 Å². The summed E-state index contributed by atoms with van der Waals surface area (Å²) in [4.78, 5) is 0. The van der Waals surface area contributed by atoms with Gasteiger partial charge in [0, 0.05) is 11.8 Å². The number of nitrogen functional groups attached to an aromatic ring is 1. The fraction of sp³-hybridized carbons (Fsp3) is 0.182. The number of aryl methyl sites for hydroxylation is 2. The molecule has 0 aliphatic carbocycles. The summed E-state index contributed by atoms with van der Waals surface area (Å²) >= 11 is 0. The zero-order chi connectivity index (χ0) is 11.9. The largest absolute Gasteiger partial charge is 0.382 e. The van der Waals surface area contributed by atoms with Crippen LogP contribution in [-0.4, -0.2) is 9.78 Å². The van der Waals surface area contributed by atoms with Crippen LogP contribution in [0, 0.1) is 25.5 Å². The van der Waals surface area contributed by atoms with E-state index < -0.39 is 11.6 Å². The van der Waals surface area contributed by atoms with Crippen LogP contribution in [0.4, 0.5) is 14.6 Å². The average Bonchev–Trinajstić information content (AvgIpc) is 2.53. The molecule has 0 fully saturated rings. The highest BCUT2D eigenvalue weighted by molar-refractivity contribution is 5.42. The minimum atomic E-state index is -0.658. The minimum absolute atomic E-state index is 0.186. The molecule has 0 unspecified atom stereocenters. The van der Waals surface area contributed by atoms with E-state index in [0.717, 1.165) is 0 Å². The van der Waals surface area contributed by atoms with Gasteiger partial charge >= 0.3 is 0 Å². The zero-order valence-corrected chi connectivity index (χ0v) is 8.96.